The molecule has 1 aliphatic rings. The van der Waals surface area contributed by atoms with Gasteiger partial charge < -0.3 is 5.32 Å². The summed E-state index contributed by atoms with van der Waals surface area (Å²) in [5.74, 6) is -1.08. The molecule has 0 saturated carbocycles. The highest BCUT2D eigenvalue weighted by Crippen LogP contribution is 2.31. The molecule has 9 heteroatoms. The molecule has 0 bridgehead atoms. The SMILES string of the molecule is CC(NC(=O)C1CCCN(S(=O)(=O)c2ccc(Br)s2)C1)c1ccccc1F. The van der Waals surface area contributed by atoms with Crippen LogP contribution in [-0.4, -0.2) is 31.7 Å². The van der Waals surface area contributed by atoms with Crippen LogP contribution in [0.3, 0.4) is 0 Å². The van der Waals surface area contributed by atoms with E-state index in [0.717, 1.165) is 15.1 Å². The number of benzene rings is 1. The number of nitrogens with zero attached hydrogens (tertiary/aromatic N) is 1. The van der Waals surface area contributed by atoms with E-state index in [1.807, 2.05) is 0 Å². The number of hydrogen-bond donors (Lipinski definition) is 1. The number of sulfonamides is 1. The van der Waals surface area contributed by atoms with Crippen LogP contribution in [-0.2, 0) is 14.8 Å². The van der Waals surface area contributed by atoms with Gasteiger partial charge >= 0.3 is 0 Å². The average Bonchev–Trinajstić information content (AvgIpc) is 3.09. The summed E-state index contributed by atoms with van der Waals surface area (Å²) in [6, 6.07) is 9.07. The normalized spacial score (nSPS) is 19.6. The largest absolute Gasteiger partial charge is 0.349 e. The zero-order valence-corrected chi connectivity index (χ0v) is 17.9. The predicted molar refractivity (Wildman–Crippen MR) is 106 cm³/mol. The molecule has 1 saturated heterocycles. The van der Waals surface area contributed by atoms with E-state index >= 15 is 0 Å². The monoisotopic (exact) mass is 474 g/mol. The van der Waals surface area contributed by atoms with Gasteiger partial charge in [-0.05, 0) is 53.9 Å². The second kappa shape index (κ2) is 8.38. The zero-order chi connectivity index (χ0) is 19.6. The third kappa shape index (κ3) is 4.59. The minimum atomic E-state index is -3.61. The Labute approximate surface area is 170 Å². The third-order valence-corrected chi connectivity index (χ3v) is 8.58. The van der Waals surface area contributed by atoms with Gasteiger partial charge in [0, 0.05) is 18.7 Å². The van der Waals surface area contributed by atoms with Gasteiger partial charge in [-0.2, -0.15) is 4.31 Å². The number of rotatable bonds is 5. The number of thiophene rings is 1. The van der Waals surface area contributed by atoms with Gasteiger partial charge in [-0.15, -0.1) is 11.3 Å². The van der Waals surface area contributed by atoms with E-state index in [2.05, 4.69) is 21.2 Å². The Morgan fingerprint density at radius 3 is 2.74 bits per heavy atom. The van der Waals surface area contributed by atoms with E-state index in [1.54, 1.807) is 37.3 Å². The Bertz CT molecular complexity index is 932. The van der Waals surface area contributed by atoms with Crippen LogP contribution in [0.1, 0.15) is 31.4 Å². The summed E-state index contributed by atoms with van der Waals surface area (Å²) in [6.45, 7) is 2.25. The maximum atomic E-state index is 13.9. The Kier molecular flexibility index (Phi) is 6.35. The van der Waals surface area contributed by atoms with Crippen molar-refractivity contribution in [3.63, 3.8) is 0 Å². The molecule has 27 heavy (non-hydrogen) atoms. The highest BCUT2D eigenvalue weighted by atomic mass is 79.9. The molecule has 1 amide bonds. The number of piperidine rings is 1. The number of halogens is 2. The lowest BCUT2D eigenvalue weighted by Crippen LogP contribution is -2.45. The van der Waals surface area contributed by atoms with Crippen LogP contribution < -0.4 is 5.32 Å². The van der Waals surface area contributed by atoms with Crippen molar-refractivity contribution >= 4 is 43.2 Å². The van der Waals surface area contributed by atoms with Crippen LogP contribution in [0.5, 0.6) is 0 Å². The molecule has 2 heterocycles. The fraction of sp³-hybridized carbons (Fsp3) is 0.389. The average molecular weight is 475 g/mol. The van der Waals surface area contributed by atoms with E-state index in [1.165, 1.54) is 10.4 Å². The van der Waals surface area contributed by atoms with Crippen molar-refractivity contribution in [1.29, 1.82) is 0 Å². The molecular formula is C18H20BrFN2O3S2. The molecule has 1 N–H and O–H groups in total. The van der Waals surface area contributed by atoms with Gasteiger partial charge in [-0.3, -0.25) is 4.79 Å². The molecule has 3 rings (SSSR count). The second-order valence-electron chi connectivity index (χ2n) is 6.51. The zero-order valence-electron chi connectivity index (χ0n) is 14.7. The highest BCUT2D eigenvalue weighted by Gasteiger charge is 2.34. The van der Waals surface area contributed by atoms with Gasteiger partial charge in [-0.25, -0.2) is 12.8 Å². The van der Waals surface area contributed by atoms with Crippen LogP contribution in [0.2, 0.25) is 0 Å². The number of carbonyl (C=O) groups excluding carboxylic acids is 1. The molecule has 1 aromatic carbocycles. The van der Waals surface area contributed by atoms with Gasteiger partial charge in [0.2, 0.25) is 5.91 Å². The molecule has 0 spiro atoms. The van der Waals surface area contributed by atoms with Crippen LogP contribution in [0.4, 0.5) is 4.39 Å². The third-order valence-electron chi connectivity index (χ3n) is 4.63. The minimum absolute atomic E-state index is 0.133. The van der Waals surface area contributed by atoms with E-state index < -0.39 is 22.0 Å². The first-order valence-electron chi connectivity index (χ1n) is 8.59. The van der Waals surface area contributed by atoms with Gasteiger partial charge in [0.25, 0.3) is 10.0 Å². The fourth-order valence-electron chi connectivity index (χ4n) is 3.17. The molecular weight excluding hydrogens is 455 g/mol. The number of hydrogen-bond acceptors (Lipinski definition) is 4. The van der Waals surface area contributed by atoms with Gasteiger partial charge in [-0.1, -0.05) is 18.2 Å². The van der Waals surface area contributed by atoms with E-state index in [0.29, 0.717) is 24.9 Å². The van der Waals surface area contributed by atoms with Gasteiger partial charge in [0.15, 0.2) is 0 Å². The van der Waals surface area contributed by atoms with Crippen molar-refractivity contribution in [2.24, 2.45) is 5.92 Å². The smallest absolute Gasteiger partial charge is 0.252 e. The summed E-state index contributed by atoms with van der Waals surface area (Å²) in [7, 11) is -3.61. The molecule has 146 valence electrons. The van der Waals surface area contributed by atoms with Crippen molar-refractivity contribution in [3.8, 4) is 0 Å². The Morgan fingerprint density at radius 1 is 1.33 bits per heavy atom. The minimum Gasteiger partial charge on any atom is -0.349 e. The van der Waals surface area contributed by atoms with Crippen molar-refractivity contribution in [3.05, 3.63) is 51.6 Å². The quantitative estimate of drug-likeness (QED) is 0.713. The predicted octanol–water partition coefficient (Wildman–Crippen LogP) is 3.93. The summed E-state index contributed by atoms with van der Waals surface area (Å²) in [6.07, 6.45) is 1.22. The standard InChI is InChI=1S/C18H20BrFN2O3S2/c1-12(14-6-2-3-7-15(14)20)21-18(23)13-5-4-10-22(11-13)27(24,25)17-9-8-16(19)26-17/h2-3,6-9,12-13H,4-5,10-11H2,1H3,(H,21,23). The highest BCUT2D eigenvalue weighted by molar-refractivity contribution is 9.11. The fourth-order valence-corrected chi connectivity index (χ4v) is 6.86. The maximum absolute atomic E-state index is 13.9. The van der Waals surface area contributed by atoms with E-state index in [4.69, 9.17) is 0 Å². The lowest BCUT2D eigenvalue weighted by Gasteiger charge is -2.31. The number of carbonyl (C=O) groups is 1. The Hall–Kier alpha value is -1.29. The van der Waals surface area contributed by atoms with Gasteiger partial charge in [0.05, 0.1) is 15.7 Å². The summed E-state index contributed by atoms with van der Waals surface area (Å²) < 4.78 is 41.9. The van der Waals surface area contributed by atoms with Gasteiger partial charge in [0.1, 0.15) is 10.0 Å². The Morgan fingerprint density at radius 2 is 2.07 bits per heavy atom. The van der Waals surface area contributed by atoms with Crippen molar-refractivity contribution in [1.82, 2.24) is 9.62 Å². The topological polar surface area (TPSA) is 66.5 Å². The van der Waals surface area contributed by atoms with Crippen LogP contribution in [0.15, 0.2) is 44.4 Å². The van der Waals surface area contributed by atoms with Crippen LogP contribution >= 0.6 is 27.3 Å². The lowest BCUT2D eigenvalue weighted by molar-refractivity contribution is -0.126. The van der Waals surface area contributed by atoms with Crippen LogP contribution in [0, 0.1) is 11.7 Å². The first-order chi connectivity index (χ1) is 12.8. The molecule has 1 aliphatic heterocycles. The first-order valence-corrected chi connectivity index (χ1v) is 11.6. The summed E-state index contributed by atoms with van der Waals surface area (Å²) in [4.78, 5) is 12.6. The van der Waals surface area contributed by atoms with E-state index in [9.17, 15) is 17.6 Å². The summed E-state index contributed by atoms with van der Waals surface area (Å²) >= 11 is 4.43. The van der Waals surface area contributed by atoms with Crippen molar-refractivity contribution in [2.75, 3.05) is 13.1 Å². The molecule has 1 fully saturated rings. The molecule has 5 nitrogen and oxygen atoms in total. The lowest BCUT2D eigenvalue weighted by atomic mass is 9.98. The molecule has 1 aromatic heterocycles. The Balaban J connectivity index is 1.69. The summed E-state index contributed by atoms with van der Waals surface area (Å²) in [5.41, 5.74) is 0.412. The van der Waals surface area contributed by atoms with E-state index in [-0.39, 0.29) is 22.5 Å². The first kappa shape index (κ1) is 20.4. The van der Waals surface area contributed by atoms with Crippen LogP contribution in [0.25, 0.3) is 0 Å². The number of amides is 1. The molecule has 2 atom stereocenters. The molecule has 0 radical (unpaired) electrons. The molecule has 2 aromatic rings. The van der Waals surface area contributed by atoms with Crippen molar-refractivity contribution in [2.45, 2.75) is 30.0 Å². The number of nitrogens with one attached hydrogen (secondary N) is 1. The van der Waals surface area contributed by atoms with Crippen molar-refractivity contribution < 1.29 is 17.6 Å². The second-order valence-corrected chi connectivity index (χ2v) is 11.1. The molecule has 2 unspecified atom stereocenters. The summed E-state index contributed by atoms with van der Waals surface area (Å²) in [5, 5.41) is 2.82. The molecule has 0 aliphatic carbocycles. The maximum Gasteiger partial charge on any atom is 0.252 e.